The molecule has 0 saturated carbocycles. The molecule has 0 aliphatic carbocycles. The van der Waals surface area contributed by atoms with E-state index in [2.05, 4.69) is 26.9 Å². The Labute approximate surface area is 211 Å². The van der Waals surface area contributed by atoms with Crippen LogP contribution < -0.4 is 15.9 Å². The first kappa shape index (κ1) is 24.0. The number of hydrogen-bond donors (Lipinski definition) is 0. The van der Waals surface area contributed by atoms with Crippen molar-refractivity contribution < 1.29 is 0 Å². The Hall–Kier alpha value is -3.71. The van der Waals surface area contributed by atoms with E-state index in [9.17, 15) is 9.59 Å². The molecule has 1 aliphatic heterocycles. The van der Waals surface area contributed by atoms with Gasteiger partial charge in [-0.2, -0.15) is 0 Å². The van der Waals surface area contributed by atoms with Crippen molar-refractivity contribution >= 4 is 16.6 Å². The van der Waals surface area contributed by atoms with E-state index in [0.29, 0.717) is 6.54 Å². The summed E-state index contributed by atoms with van der Waals surface area (Å²) in [6.07, 6.45) is 7.74. The van der Waals surface area contributed by atoms with Crippen molar-refractivity contribution in [2.45, 2.75) is 38.9 Å². The van der Waals surface area contributed by atoms with Crippen molar-refractivity contribution in [3.8, 4) is 0 Å². The third kappa shape index (κ3) is 4.97. The first-order valence-corrected chi connectivity index (χ1v) is 12.5. The topological polar surface area (TPSA) is 63.4 Å². The molecule has 1 aliphatic rings. The van der Waals surface area contributed by atoms with E-state index in [1.165, 1.54) is 5.56 Å². The van der Waals surface area contributed by atoms with Gasteiger partial charge in [0.25, 0.3) is 5.56 Å². The van der Waals surface area contributed by atoms with Gasteiger partial charge in [-0.05, 0) is 55.7 Å². The van der Waals surface area contributed by atoms with Gasteiger partial charge >= 0.3 is 0 Å². The van der Waals surface area contributed by atoms with Crippen LogP contribution in [0.25, 0.3) is 10.9 Å². The van der Waals surface area contributed by atoms with Crippen LogP contribution in [0.15, 0.2) is 76.7 Å². The van der Waals surface area contributed by atoms with E-state index in [1.54, 1.807) is 17.7 Å². The molecule has 0 amide bonds. The number of pyridine rings is 3. The number of nitrogens with zero attached hydrogens (tertiary/aromatic N) is 5. The molecule has 0 spiro atoms. The first-order valence-electron chi connectivity index (χ1n) is 12.5. The number of aryl methyl sites for hydroxylation is 3. The summed E-state index contributed by atoms with van der Waals surface area (Å²) in [6, 6.07) is 15.9. The minimum atomic E-state index is -0.00148. The van der Waals surface area contributed by atoms with Crippen LogP contribution in [-0.4, -0.2) is 38.1 Å². The largest absolute Gasteiger partial charge is 0.370 e. The highest BCUT2D eigenvalue weighted by Gasteiger charge is 2.27. The third-order valence-electron chi connectivity index (χ3n) is 7.26. The predicted molar refractivity (Wildman–Crippen MR) is 144 cm³/mol. The maximum atomic E-state index is 13.5. The molecule has 1 aromatic carbocycles. The zero-order valence-electron chi connectivity index (χ0n) is 21.2. The van der Waals surface area contributed by atoms with E-state index in [-0.39, 0.29) is 17.0 Å². The molecule has 1 saturated heterocycles. The second-order valence-electron chi connectivity index (χ2n) is 9.90. The van der Waals surface area contributed by atoms with Crippen LogP contribution in [0, 0.1) is 6.92 Å². The van der Waals surface area contributed by atoms with Gasteiger partial charge in [0.15, 0.2) is 5.43 Å². The van der Waals surface area contributed by atoms with Gasteiger partial charge in [-0.15, -0.1) is 0 Å². The molecule has 0 N–H and O–H groups in total. The van der Waals surface area contributed by atoms with Crippen molar-refractivity contribution in [1.82, 2.24) is 19.0 Å². The highest BCUT2D eigenvalue weighted by Crippen LogP contribution is 2.24. The average Bonchev–Trinajstić information content (AvgIpc) is 2.88. The molecule has 7 heteroatoms. The summed E-state index contributed by atoms with van der Waals surface area (Å²) in [7, 11) is 3.77. The Bertz CT molecular complexity index is 1510. The summed E-state index contributed by atoms with van der Waals surface area (Å²) in [4.78, 5) is 34.8. The van der Waals surface area contributed by atoms with Gasteiger partial charge in [-0.25, -0.2) is 0 Å². The minimum absolute atomic E-state index is 0.00148. The monoisotopic (exact) mass is 483 g/mol. The fourth-order valence-electron chi connectivity index (χ4n) is 5.31. The maximum absolute atomic E-state index is 13.5. The van der Waals surface area contributed by atoms with Gasteiger partial charge < -0.3 is 14.0 Å². The smallest absolute Gasteiger partial charge is 0.252 e. The Morgan fingerprint density at radius 3 is 2.67 bits per heavy atom. The van der Waals surface area contributed by atoms with Crippen molar-refractivity contribution in [2.24, 2.45) is 14.1 Å². The highest BCUT2D eigenvalue weighted by molar-refractivity contribution is 5.79. The Morgan fingerprint density at radius 1 is 1.03 bits per heavy atom. The van der Waals surface area contributed by atoms with E-state index < -0.39 is 0 Å². The van der Waals surface area contributed by atoms with Gasteiger partial charge in [0.05, 0.1) is 5.52 Å². The van der Waals surface area contributed by atoms with Crippen LogP contribution >= 0.6 is 0 Å². The zero-order chi connectivity index (χ0) is 25.2. The normalized spacial score (nSPS) is 16.1. The molecule has 0 radical (unpaired) electrons. The van der Waals surface area contributed by atoms with Crippen molar-refractivity contribution in [2.75, 3.05) is 18.0 Å². The van der Waals surface area contributed by atoms with Gasteiger partial charge in [0.1, 0.15) is 0 Å². The lowest BCUT2D eigenvalue weighted by Crippen LogP contribution is -2.48. The summed E-state index contributed by atoms with van der Waals surface area (Å²) < 4.78 is 3.65. The number of para-hydroxylation sites is 1. The third-order valence-corrected chi connectivity index (χ3v) is 7.26. The standard InChI is InChI=1S/C29H33N5O2/c1-21-15-22(10-12-30-21)17-34(19-23-18-32(3)27-9-5-4-8-26(27)29(23)36)25-7-6-13-33(20-25)24-11-14-31(2)28(35)16-24/h4-5,8-12,14-16,18,25H,6-7,13,17,19-20H2,1-3H3/t25-/m0/s1. The fraction of sp³-hybridized carbons (Fsp3) is 0.345. The number of fused-ring (bicyclic) bond motifs is 1. The maximum Gasteiger partial charge on any atom is 0.252 e. The lowest BCUT2D eigenvalue weighted by Gasteiger charge is -2.40. The molecule has 7 nitrogen and oxygen atoms in total. The number of piperidine rings is 1. The molecule has 4 heterocycles. The van der Waals surface area contributed by atoms with Crippen LogP contribution in [-0.2, 0) is 27.2 Å². The van der Waals surface area contributed by atoms with Crippen LogP contribution in [0.3, 0.4) is 0 Å². The minimum Gasteiger partial charge on any atom is -0.370 e. The number of rotatable bonds is 6. The average molecular weight is 484 g/mol. The molecule has 1 fully saturated rings. The second-order valence-corrected chi connectivity index (χ2v) is 9.90. The molecular weight excluding hydrogens is 450 g/mol. The van der Waals surface area contributed by atoms with Gasteiger partial charge in [-0.3, -0.25) is 19.5 Å². The van der Waals surface area contributed by atoms with E-state index in [4.69, 9.17) is 0 Å². The first-order chi connectivity index (χ1) is 17.4. The Kier molecular flexibility index (Phi) is 6.74. The van der Waals surface area contributed by atoms with Crippen LogP contribution in [0.2, 0.25) is 0 Å². The quantitative estimate of drug-likeness (QED) is 0.419. The fourth-order valence-corrected chi connectivity index (χ4v) is 5.31. The molecule has 3 aromatic heterocycles. The van der Waals surface area contributed by atoms with Crippen LogP contribution in [0.5, 0.6) is 0 Å². The highest BCUT2D eigenvalue weighted by atomic mass is 16.1. The molecule has 4 aromatic rings. The van der Waals surface area contributed by atoms with E-state index in [1.807, 2.05) is 67.5 Å². The summed E-state index contributed by atoms with van der Waals surface area (Å²) >= 11 is 0. The van der Waals surface area contributed by atoms with Gasteiger partial charge in [0.2, 0.25) is 0 Å². The summed E-state index contributed by atoms with van der Waals surface area (Å²) in [5.74, 6) is 0. The second kappa shape index (κ2) is 10.1. The molecule has 0 bridgehead atoms. The number of anilines is 1. The van der Waals surface area contributed by atoms with Gasteiger partial charge in [0, 0.05) is 93.3 Å². The lowest BCUT2D eigenvalue weighted by atomic mass is 10.0. The van der Waals surface area contributed by atoms with E-state index >= 15 is 0 Å². The van der Waals surface area contributed by atoms with Gasteiger partial charge in [-0.1, -0.05) is 12.1 Å². The van der Waals surface area contributed by atoms with Crippen LogP contribution in [0.4, 0.5) is 5.69 Å². The Balaban J connectivity index is 1.48. The molecule has 186 valence electrons. The summed E-state index contributed by atoms with van der Waals surface area (Å²) in [5.41, 5.74) is 4.97. The number of aromatic nitrogens is 3. The summed E-state index contributed by atoms with van der Waals surface area (Å²) in [6.45, 7) is 5.03. The molecular formula is C29H33N5O2. The molecule has 5 rings (SSSR count). The predicted octanol–water partition coefficient (Wildman–Crippen LogP) is 3.61. The number of benzene rings is 1. The van der Waals surface area contributed by atoms with Crippen molar-refractivity contribution in [3.63, 3.8) is 0 Å². The molecule has 0 unspecified atom stereocenters. The molecule has 36 heavy (non-hydrogen) atoms. The van der Waals surface area contributed by atoms with Crippen molar-refractivity contribution in [3.05, 3.63) is 105 Å². The van der Waals surface area contributed by atoms with E-state index in [0.717, 1.165) is 60.3 Å². The number of hydrogen-bond acceptors (Lipinski definition) is 5. The van der Waals surface area contributed by atoms with Crippen molar-refractivity contribution in [1.29, 1.82) is 0 Å². The zero-order valence-corrected chi connectivity index (χ0v) is 21.2. The SMILES string of the molecule is Cc1cc(CN(Cc2cn(C)c3ccccc3c2=O)[C@H]2CCCN(c3ccn(C)c(=O)c3)C2)ccn1. The lowest BCUT2D eigenvalue weighted by molar-refractivity contribution is 0.158. The molecule has 1 atom stereocenters. The Morgan fingerprint density at radius 2 is 1.86 bits per heavy atom. The summed E-state index contributed by atoms with van der Waals surface area (Å²) in [5, 5.41) is 0.752. The van der Waals surface area contributed by atoms with Crippen LogP contribution in [0.1, 0.15) is 29.7 Å².